The van der Waals surface area contributed by atoms with Crippen molar-refractivity contribution in [1.82, 2.24) is 8.86 Å². The van der Waals surface area contributed by atoms with E-state index < -0.39 is 6.04 Å². The number of nitrogens with zero attached hydrogens (tertiary/aromatic N) is 3. The molecule has 0 aliphatic carbocycles. The molecule has 1 atom stereocenters. The Morgan fingerprint density at radius 1 is 1.07 bits per heavy atom. The van der Waals surface area contributed by atoms with Crippen LogP contribution in [0.1, 0.15) is 19.4 Å². The Hall–Kier alpha value is -2.80. The van der Waals surface area contributed by atoms with Gasteiger partial charge in [0.1, 0.15) is 11.8 Å². The number of aromatic nitrogens is 1. The summed E-state index contributed by atoms with van der Waals surface area (Å²) in [5, 5.41) is 0.688. The van der Waals surface area contributed by atoms with Gasteiger partial charge in [-0.25, -0.2) is 0 Å². The number of methoxy groups -OCH3 is 1. The van der Waals surface area contributed by atoms with Crippen molar-refractivity contribution < 1.29 is 9.53 Å². The van der Waals surface area contributed by atoms with Crippen LogP contribution in [0.4, 0.5) is 5.69 Å². The lowest BCUT2D eigenvalue weighted by Gasteiger charge is -2.37. The molecule has 0 N–H and O–H groups in total. The van der Waals surface area contributed by atoms with E-state index in [2.05, 4.69) is 4.90 Å². The van der Waals surface area contributed by atoms with Gasteiger partial charge < -0.3 is 14.5 Å². The van der Waals surface area contributed by atoms with E-state index in [1.54, 1.807) is 11.1 Å². The molecule has 2 heterocycles. The van der Waals surface area contributed by atoms with Gasteiger partial charge in [0.2, 0.25) is 5.91 Å². The predicted octanol–water partition coefficient (Wildman–Crippen LogP) is 3.37. The summed E-state index contributed by atoms with van der Waals surface area (Å²) in [7, 11) is 1.66. The quantitative estimate of drug-likeness (QED) is 0.646. The summed E-state index contributed by atoms with van der Waals surface area (Å²) >= 11 is 1.38. The van der Waals surface area contributed by atoms with Crippen molar-refractivity contribution in [2.24, 2.45) is 0 Å². The minimum Gasteiger partial charge on any atom is -0.497 e. The molecule has 29 heavy (non-hydrogen) atoms. The fourth-order valence-corrected chi connectivity index (χ4v) is 4.98. The monoisotopic (exact) mass is 411 g/mol. The first-order chi connectivity index (χ1) is 14.1. The van der Waals surface area contributed by atoms with E-state index in [1.807, 2.05) is 60.4 Å². The normalized spacial score (nSPS) is 15.5. The highest BCUT2D eigenvalue weighted by atomic mass is 32.1. The zero-order valence-corrected chi connectivity index (χ0v) is 17.5. The van der Waals surface area contributed by atoms with E-state index >= 15 is 0 Å². The third-order valence-electron chi connectivity index (χ3n) is 5.50. The molecule has 1 aliphatic heterocycles. The first-order valence-electron chi connectivity index (χ1n) is 9.90. The predicted molar refractivity (Wildman–Crippen MR) is 117 cm³/mol. The number of benzene rings is 2. The van der Waals surface area contributed by atoms with Crippen molar-refractivity contribution >= 4 is 33.2 Å². The van der Waals surface area contributed by atoms with Crippen molar-refractivity contribution in [3.8, 4) is 5.75 Å². The van der Waals surface area contributed by atoms with Crippen molar-refractivity contribution in [3.05, 3.63) is 58.9 Å². The van der Waals surface area contributed by atoms with Crippen LogP contribution in [0.15, 0.2) is 53.3 Å². The third kappa shape index (κ3) is 3.74. The molecular weight excluding hydrogens is 386 g/mol. The lowest BCUT2D eigenvalue weighted by Crippen LogP contribution is -2.51. The van der Waals surface area contributed by atoms with Gasteiger partial charge in [0.15, 0.2) is 0 Å². The summed E-state index contributed by atoms with van der Waals surface area (Å²) in [5.74, 6) is 0.873. The van der Waals surface area contributed by atoms with Gasteiger partial charge in [-0.3, -0.25) is 13.5 Å². The highest BCUT2D eigenvalue weighted by Gasteiger charge is 2.29. The van der Waals surface area contributed by atoms with E-state index in [0.29, 0.717) is 24.9 Å². The molecule has 1 aromatic heterocycles. The average molecular weight is 412 g/mol. The van der Waals surface area contributed by atoms with Gasteiger partial charge in [-0.2, -0.15) is 0 Å². The SMILES string of the molecule is CC[C@H](C(=O)N1CCN(c2ccc(OC)cc2)CC1)n1sc2ccccc2c1=O. The fourth-order valence-electron chi connectivity index (χ4n) is 3.82. The van der Waals surface area contributed by atoms with Crippen molar-refractivity contribution in [2.45, 2.75) is 19.4 Å². The lowest BCUT2D eigenvalue weighted by molar-refractivity contribution is -0.135. The molecule has 7 heteroatoms. The molecule has 0 radical (unpaired) electrons. The minimum absolute atomic E-state index is 0.0375. The van der Waals surface area contributed by atoms with Gasteiger partial charge in [0, 0.05) is 31.9 Å². The molecule has 0 saturated carbocycles. The third-order valence-corrected chi connectivity index (χ3v) is 6.67. The largest absolute Gasteiger partial charge is 0.497 e. The average Bonchev–Trinajstić information content (AvgIpc) is 3.11. The Kier molecular flexibility index (Phi) is 5.58. The molecule has 0 spiro atoms. The van der Waals surface area contributed by atoms with E-state index in [1.165, 1.54) is 11.5 Å². The summed E-state index contributed by atoms with van der Waals surface area (Å²) in [5.41, 5.74) is 1.06. The van der Waals surface area contributed by atoms with Crippen LogP contribution in [-0.2, 0) is 4.79 Å². The summed E-state index contributed by atoms with van der Waals surface area (Å²) in [6.07, 6.45) is 0.601. The first-order valence-corrected chi connectivity index (χ1v) is 10.7. The molecule has 3 aromatic rings. The molecule has 6 nitrogen and oxygen atoms in total. The Bertz CT molecular complexity index is 1050. The Morgan fingerprint density at radius 3 is 2.38 bits per heavy atom. The number of anilines is 1. The smallest absolute Gasteiger partial charge is 0.269 e. The van der Waals surface area contributed by atoms with Crippen LogP contribution in [-0.4, -0.2) is 48.1 Å². The summed E-state index contributed by atoms with van der Waals surface area (Å²) in [6.45, 7) is 4.82. The maximum absolute atomic E-state index is 13.2. The van der Waals surface area contributed by atoms with Crippen LogP contribution in [0.25, 0.3) is 10.1 Å². The number of hydrogen-bond acceptors (Lipinski definition) is 5. The zero-order chi connectivity index (χ0) is 20.4. The number of fused-ring (bicyclic) bond motifs is 1. The molecule has 1 saturated heterocycles. The summed E-state index contributed by atoms with van der Waals surface area (Å²) in [4.78, 5) is 30.2. The van der Waals surface area contributed by atoms with Crippen LogP contribution in [0.3, 0.4) is 0 Å². The number of piperazine rings is 1. The molecule has 2 aromatic carbocycles. The van der Waals surface area contributed by atoms with Crippen molar-refractivity contribution in [2.75, 3.05) is 38.2 Å². The fraction of sp³-hybridized carbons (Fsp3) is 0.364. The van der Waals surface area contributed by atoms with Crippen LogP contribution >= 0.6 is 11.5 Å². The van der Waals surface area contributed by atoms with E-state index in [4.69, 9.17) is 4.74 Å². The molecule has 152 valence electrons. The Balaban J connectivity index is 1.47. The zero-order valence-electron chi connectivity index (χ0n) is 16.7. The molecule has 1 fully saturated rings. The van der Waals surface area contributed by atoms with E-state index in [9.17, 15) is 9.59 Å². The van der Waals surface area contributed by atoms with Gasteiger partial charge in [-0.1, -0.05) is 30.6 Å². The second-order valence-electron chi connectivity index (χ2n) is 7.15. The molecule has 1 aliphatic rings. The number of carbonyl (C=O) groups excluding carboxylic acids is 1. The maximum Gasteiger partial charge on any atom is 0.269 e. The molecule has 4 rings (SSSR count). The van der Waals surface area contributed by atoms with E-state index in [0.717, 1.165) is 29.2 Å². The maximum atomic E-state index is 13.2. The van der Waals surface area contributed by atoms with Crippen LogP contribution in [0, 0.1) is 0 Å². The molecule has 0 unspecified atom stereocenters. The number of carbonyl (C=O) groups is 1. The first kappa shape index (κ1) is 19.5. The number of hydrogen-bond donors (Lipinski definition) is 0. The van der Waals surface area contributed by atoms with Crippen LogP contribution in [0.2, 0.25) is 0 Å². The summed E-state index contributed by atoms with van der Waals surface area (Å²) < 4.78 is 7.80. The van der Waals surface area contributed by atoms with Crippen molar-refractivity contribution in [3.63, 3.8) is 0 Å². The Morgan fingerprint density at radius 2 is 1.76 bits per heavy atom. The van der Waals surface area contributed by atoms with Gasteiger partial charge in [-0.05, 0) is 42.8 Å². The highest BCUT2D eigenvalue weighted by Crippen LogP contribution is 2.25. The van der Waals surface area contributed by atoms with Gasteiger partial charge in [0.25, 0.3) is 5.56 Å². The molecule has 0 bridgehead atoms. The minimum atomic E-state index is -0.438. The topological polar surface area (TPSA) is 54.8 Å². The van der Waals surface area contributed by atoms with Gasteiger partial charge in [0.05, 0.1) is 17.2 Å². The van der Waals surface area contributed by atoms with Crippen molar-refractivity contribution in [1.29, 1.82) is 0 Å². The van der Waals surface area contributed by atoms with E-state index in [-0.39, 0.29) is 11.5 Å². The standard InChI is InChI=1S/C22H25N3O3S/c1-3-19(25-21(26)18-6-4-5-7-20(18)29-25)22(27)24-14-12-23(13-15-24)16-8-10-17(28-2)11-9-16/h4-11,19H,3,12-15H2,1-2H3/t19-/m1/s1. The molecule has 1 amide bonds. The lowest BCUT2D eigenvalue weighted by atomic mass is 10.1. The van der Waals surface area contributed by atoms with Crippen LogP contribution in [0.5, 0.6) is 5.75 Å². The second-order valence-corrected chi connectivity index (χ2v) is 8.17. The van der Waals surface area contributed by atoms with Crippen LogP contribution < -0.4 is 15.2 Å². The highest BCUT2D eigenvalue weighted by molar-refractivity contribution is 7.14. The Labute approximate surface area is 174 Å². The number of amides is 1. The summed E-state index contributed by atoms with van der Waals surface area (Å²) in [6, 6.07) is 15.1. The van der Waals surface area contributed by atoms with Gasteiger partial charge in [-0.15, -0.1) is 0 Å². The number of ether oxygens (including phenoxy) is 1. The van der Waals surface area contributed by atoms with Gasteiger partial charge >= 0.3 is 0 Å². The molecular formula is C22H25N3O3S. The number of rotatable bonds is 5. The second kappa shape index (κ2) is 8.29.